The molecule has 2 N–H and O–H groups in total. The van der Waals surface area contributed by atoms with Crippen molar-refractivity contribution < 1.29 is 9.53 Å². The summed E-state index contributed by atoms with van der Waals surface area (Å²) in [5, 5.41) is 0. The predicted molar refractivity (Wildman–Crippen MR) is 78.7 cm³/mol. The zero-order valence-electron chi connectivity index (χ0n) is 13.0. The summed E-state index contributed by atoms with van der Waals surface area (Å²) in [6, 6.07) is 0. The second-order valence-electron chi connectivity index (χ2n) is 6.96. The van der Waals surface area contributed by atoms with Gasteiger partial charge in [0, 0.05) is 6.42 Å². The molecule has 0 radical (unpaired) electrons. The number of hydrogen-bond donors (Lipinski definition) is 1. The van der Waals surface area contributed by atoms with Crippen LogP contribution in [0.1, 0.15) is 59.8 Å². The summed E-state index contributed by atoms with van der Waals surface area (Å²) in [6.45, 7) is 9.40. The van der Waals surface area contributed by atoms with E-state index >= 15 is 0 Å². The molecule has 0 spiro atoms. The van der Waals surface area contributed by atoms with Crippen molar-refractivity contribution >= 4 is 5.97 Å². The molecule has 19 heavy (non-hydrogen) atoms. The smallest absolute Gasteiger partial charge is 0.306 e. The number of carbonyl (C=O) groups is 1. The third-order valence-electron chi connectivity index (χ3n) is 4.03. The molecule has 0 heterocycles. The van der Waals surface area contributed by atoms with E-state index in [0.717, 1.165) is 19.3 Å². The Morgan fingerprint density at radius 3 is 2.26 bits per heavy atom. The fraction of sp³-hybridized carbons (Fsp3) is 0.938. The largest absolute Gasteiger partial charge is 0.462 e. The van der Waals surface area contributed by atoms with Crippen LogP contribution in [0.3, 0.4) is 0 Å². The third-order valence-corrected chi connectivity index (χ3v) is 4.03. The lowest BCUT2D eigenvalue weighted by atomic mass is 9.82. The highest BCUT2D eigenvalue weighted by molar-refractivity contribution is 5.69. The van der Waals surface area contributed by atoms with Gasteiger partial charge in [-0.2, -0.15) is 0 Å². The van der Waals surface area contributed by atoms with E-state index in [0.29, 0.717) is 30.7 Å². The highest BCUT2D eigenvalue weighted by Crippen LogP contribution is 2.30. The Balaban J connectivity index is 2.37. The molecule has 1 aliphatic carbocycles. The van der Waals surface area contributed by atoms with Crippen LogP contribution in [0.4, 0.5) is 0 Å². The number of ether oxygens (including phenoxy) is 1. The van der Waals surface area contributed by atoms with Gasteiger partial charge in [-0.1, -0.05) is 27.7 Å². The molecule has 1 rings (SSSR count). The zero-order chi connectivity index (χ0) is 14.4. The van der Waals surface area contributed by atoms with E-state index in [2.05, 4.69) is 27.7 Å². The zero-order valence-corrected chi connectivity index (χ0v) is 13.0. The van der Waals surface area contributed by atoms with Gasteiger partial charge in [0.15, 0.2) is 0 Å². The molecule has 3 heteroatoms. The lowest BCUT2D eigenvalue weighted by Crippen LogP contribution is -2.30. The Morgan fingerprint density at radius 2 is 1.79 bits per heavy atom. The molecular weight excluding hydrogens is 238 g/mol. The van der Waals surface area contributed by atoms with Gasteiger partial charge >= 0.3 is 5.97 Å². The summed E-state index contributed by atoms with van der Waals surface area (Å²) in [4.78, 5) is 12.0. The summed E-state index contributed by atoms with van der Waals surface area (Å²) in [7, 11) is 0. The minimum absolute atomic E-state index is 0.0533. The molecule has 0 aromatic carbocycles. The molecule has 0 bridgehead atoms. The van der Waals surface area contributed by atoms with Crippen molar-refractivity contribution in [1.29, 1.82) is 0 Å². The van der Waals surface area contributed by atoms with E-state index in [4.69, 9.17) is 10.5 Å². The van der Waals surface area contributed by atoms with Crippen LogP contribution in [-0.4, -0.2) is 18.6 Å². The molecule has 0 amide bonds. The third kappa shape index (κ3) is 6.42. The first-order valence-corrected chi connectivity index (χ1v) is 7.80. The van der Waals surface area contributed by atoms with Crippen LogP contribution >= 0.6 is 0 Å². The van der Waals surface area contributed by atoms with E-state index in [9.17, 15) is 4.79 Å². The van der Waals surface area contributed by atoms with Crippen molar-refractivity contribution in [1.82, 2.24) is 0 Å². The van der Waals surface area contributed by atoms with Crippen LogP contribution < -0.4 is 5.73 Å². The van der Waals surface area contributed by atoms with Crippen molar-refractivity contribution in [3.05, 3.63) is 0 Å². The first-order chi connectivity index (χ1) is 8.90. The maximum absolute atomic E-state index is 12.0. The van der Waals surface area contributed by atoms with Crippen LogP contribution in [-0.2, 0) is 9.53 Å². The van der Waals surface area contributed by atoms with Gasteiger partial charge in [-0.3, -0.25) is 4.79 Å². The monoisotopic (exact) mass is 269 g/mol. The molecule has 3 unspecified atom stereocenters. The van der Waals surface area contributed by atoms with Crippen LogP contribution in [0.5, 0.6) is 0 Å². The summed E-state index contributed by atoms with van der Waals surface area (Å²) in [6.07, 6.45) is 4.91. The standard InChI is InChI=1S/C16H31NO2/c1-11(2)5-14(10-17)9-16(18)19-15-7-12(3)6-13(4)8-15/h11-15H,5-10,17H2,1-4H3. The Bertz CT molecular complexity index is 268. The molecule has 0 aromatic heterocycles. The van der Waals surface area contributed by atoms with Crippen molar-refractivity contribution in [2.75, 3.05) is 6.54 Å². The van der Waals surface area contributed by atoms with E-state index in [1.165, 1.54) is 6.42 Å². The highest BCUT2D eigenvalue weighted by Gasteiger charge is 2.27. The molecule has 1 aliphatic rings. The van der Waals surface area contributed by atoms with Crippen molar-refractivity contribution in [2.24, 2.45) is 29.4 Å². The minimum Gasteiger partial charge on any atom is -0.462 e. The van der Waals surface area contributed by atoms with E-state index in [-0.39, 0.29) is 18.0 Å². The first-order valence-electron chi connectivity index (χ1n) is 7.80. The maximum Gasteiger partial charge on any atom is 0.306 e. The average molecular weight is 269 g/mol. The fourth-order valence-corrected chi connectivity index (χ4v) is 3.37. The summed E-state index contributed by atoms with van der Waals surface area (Å²) in [5.41, 5.74) is 5.74. The van der Waals surface area contributed by atoms with Gasteiger partial charge in [0.2, 0.25) is 0 Å². The Labute approximate surface area is 118 Å². The maximum atomic E-state index is 12.0. The predicted octanol–water partition coefficient (Wildman–Crippen LogP) is 3.37. The molecule has 1 fully saturated rings. The van der Waals surface area contributed by atoms with Gasteiger partial charge in [-0.25, -0.2) is 0 Å². The molecule has 3 nitrogen and oxygen atoms in total. The quantitative estimate of drug-likeness (QED) is 0.752. The lowest BCUT2D eigenvalue weighted by molar-refractivity contribution is -0.153. The van der Waals surface area contributed by atoms with Crippen LogP contribution in [0.15, 0.2) is 0 Å². The van der Waals surface area contributed by atoms with Gasteiger partial charge in [-0.05, 0) is 55.9 Å². The van der Waals surface area contributed by atoms with Crippen LogP contribution in [0, 0.1) is 23.7 Å². The topological polar surface area (TPSA) is 52.3 Å². The minimum atomic E-state index is -0.0533. The number of rotatable bonds is 6. The number of nitrogens with two attached hydrogens (primary N) is 1. The number of carbonyl (C=O) groups excluding carboxylic acids is 1. The van der Waals surface area contributed by atoms with Crippen LogP contribution in [0.2, 0.25) is 0 Å². The fourth-order valence-electron chi connectivity index (χ4n) is 3.37. The Kier molecular flexibility index (Phi) is 6.84. The second-order valence-corrected chi connectivity index (χ2v) is 6.96. The van der Waals surface area contributed by atoms with Crippen LogP contribution in [0.25, 0.3) is 0 Å². The summed E-state index contributed by atoms with van der Waals surface area (Å²) < 4.78 is 5.65. The lowest BCUT2D eigenvalue weighted by Gasteiger charge is -2.31. The van der Waals surface area contributed by atoms with Crippen molar-refractivity contribution in [3.8, 4) is 0 Å². The molecule has 0 aliphatic heterocycles. The van der Waals surface area contributed by atoms with E-state index in [1.807, 2.05) is 0 Å². The van der Waals surface area contributed by atoms with Gasteiger partial charge in [0.1, 0.15) is 6.10 Å². The van der Waals surface area contributed by atoms with Gasteiger partial charge < -0.3 is 10.5 Å². The van der Waals surface area contributed by atoms with Crippen molar-refractivity contribution in [2.45, 2.75) is 65.9 Å². The van der Waals surface area contributed by atoms with Gasteiger partial charge in [0.05, 0.1) is 0 Å². The molecule has 112 valence electrons. The second kappa shape index (κ2) is 7.88. The Hall–Kier alpha value is -0.570. The number of hydrogen-bond acceptors (Lipinski definition) is 3. The normalized spacial score (nSPS) is 29.3. The highest BCUT2D eigenvalue weighted by atomic mass is 16.5. The average Bonchev–Trinajstić information content (AvgIpc) is 2.25. The molecule has 3 atom stereocenters. The van der Waals surface area contributed by atoms with Gasteiger partial charge in [0.25, 0.3) is 0 Å². The summed E-state index contributed by atoms with van der Waals surface area (Å²) >= 11 is 0. The van der Waals surface area contributed by atoms with Crippen molar-refractivity contribution in [3.63, 3.8) is 0 Å². The molecule has 0 aromatic rings. The summed E-state index contributed by atoms with van der Waals surface area (Å²) in [5.74, 6) is 2.13. The molecular formula is C16H31NO2. The molecule has 0 saturated heterocycles. The number of esters is 1. The van der Waals surface area contributed by atoms with Gasteiger partial charge in [-0.15, -0.1) is 0 Å². The molecule has 1 saturated carbocycles. The Morgan fingerprint density at radius 1 is 1.21 bits per heavy atom. The first kappa shape index (κ1) is 16.5. The van der Waals surface area contributed by atoms with E-state index in [1.54, 1.807) is 0 Å². The van der Waals surface area contributed by atoms with E-state index < -0.39 is 0 Å². The SMILES string of the molecule is CC(C)CC(CN)CC(=O)OC1CC(C)CC(C)C1.